The molecule has 0 aliphatic rings. The fourth-order valence-electron chi connectivity index (χ4n) is 1.23. The van der Waals surface area contributed by atoms with Crippen LogP contribution in [0.5, 0.6) is 0 Å². The van der Waals surface area contributed by atoms with Gasteiger partial charge in [0.1, 0.15) is 5.82 Å². The predicted molar refractivity (Wildman–Crippen MR) is 55.9 cm³/mol. The Hall–Kier alpha value is -1.38. The van der Waals surface area contributed by atoms with Crippen molar-refractivity contribution < 1.29 is 4.39 Å². The van der Waals surface area contributed by atoms with E-state index in [9.17, 15) is 4.39 Å². The largest absolute Gasteiger partial charge is 0.359 e. The molecule has 0 saturated carbocycles. The van der Waals surface area contributed by atoms with E-state index in [-0.39, 0.29) is 5.82 Å². The van der Waals surface area contributed by atoms with Crippen LogP contribution < -0.4 is 0 Å². The summed E-state index contributed by atoms with van der Waals surface area (Å²) < 4.78 is 12.6. The minimum absolute atomic E-state index is 0.220. The normalized spacial score (nSPS) is 9.93. The second kappa shape index (κ2) is 4.74. The van der Waals surface area contributed by atoms with Crippen molar-refractivity contribution >= 4 is 5.84 Å². The minimum atomic E-state index is -0.220. The van der Waals surface area contributed by atoms with Gasteiger partial charge in [-0.3, -0.25) is 5.41 Å². The van der Waals surface area contributed by atoms with Gasteiger partial charge in [-0.15, -0.1) is 0 Å². The molecular weight excluding hydrogens is 179 g/mol. The van der Waals surface area contributed by atoms with Crippen molar-refractivity contribution in [2.75, 3.05) is 7.05 Å². The Morgan fingerprint density at radius 2 is 1.93 bits per heavy atom. The highest BCUT2D eigenvalue weighted by Crippen LogP contribution is 2.06. The highest BCUT2D eigenvalue weighted by molar-refractivity contribution is 5.78. The Bertz CT molecular complexity index is 306. The van der Waals surface area contributed by atoms with Crippen LogP contribution >= 0.6 is 0 Å². The van der Waals surface area contributed by atoms with Gasteiger partial charge in [0.15, 0.2) is 0 Å². The quantitative estimate of drug-likeness (QED) is 0.581. The summed E-state index contributed by atoms with van der Waals surface area (Å²) >= 11 is 0. The lowest BCUT2D eigenvalue weighted by Crippen LogP contribution is -2.24. The number of halogens is 1. The molecule has 1 aromatic carbocycles. The summed E-state index contributed by atoms with van der Waals surface area (Å²) in [5.74, 6) is 0.372. The van der Waals surface area contributed by atoms with Gasteiger partial charge in [-0.2, -0.15) is 0 Å². The van der Waals surface area contributed by atoms with Gasteiger partial charge in [0.25, 0.3) is 0 Å². The SMILES string of the molecule is CCC(=N)N(C)Cc1ccc(F)cc1. The van der Waals surface area contributed by atoms with Crippen LogP contribution in [0.15, 0.2) is 24.3 Å². The first kappa shape index (κ1) is 10.7. The Morgan fingerprint density at radius 1 is 1.36 bits per heavy atom. The Morgan fingerprint density at radius 3 is 2.43 bits per heavy atom. The van der Waals surface area contributed by atoms with Crippen LogP contribution in [0.4, 0.5) is 4.39 Å². The number of rotatable bonds is 3. The van der Waals surface area contributed by atoms with Crippen LogP contribution in [-0.2, 0) is 6.54 Å². The van der Waals surface area contributed by atoms with Crippen LogP contribution in [0, 0.1) is 11.2 Å². The number of nitrogens with zero attached hydrogens (tertiary/aromatic N) is 1. The van der Waals surface area contributed by atoms with Crippen molar-refractivity contribution in [1.29, 1.82) is 5.41 Å². The Kier molecular flexibility index (Phi) is 3.63. The van der Waals surface area contributed by atoms with Crippen LogP contribution in [0.3, 0.4) is 0 Å². The molecule has 0 heterocycles. The van der Waals surface area contributed by atoms with E-state index in [1.807, 2.05) is 18.9 Å². The molecule has 0 radical (unpaired) electrons. The van der Waals surface area contributed by atoms with Crippen LogP contribution in [0.1, 0.15) is 18.9 Å². The third-order valence-electron chi connectivity index (χ3n) is 2.13. The maximum absolute atomic E-state index is 12.6. The molecule has 14 heavy (non-hydrogen) atoms. The van der Waals surface area contributed by atoms with Crippen molar-refractivity contribution in [2.45, 2.75) is 19.9 Å². The summed E-state index contributed by atoms with van der Waals surface area (Å²) in [5.41, 5.74) is 1.02. The van der Waals surface area contributed by atoms with Crippen molar-refractivity contribution in [3.05, 3.63) is 35.6 Å². The zero-order valence-corrected chi connectivity index (χ0v) is 8.55. The molecule has 0 atom stereocenters. The van der Waals surface area contributed by atoms with Crippen molar-refractivity contribution in [3.63, 3.8) is 0 Å². The highest BCUT2D eigenvalue weighted by Gasteiger charge is 2.02. The maximum Gasteiger partial charge on any atom is 0.123 e. The van der Waals surface area contributed by atoms with E-state index >= 15 is 0 Å². The minimum Gasteiger partial charge on any atom is -0.359 e. The first-order chi connectivity index (χ1) is 6.63. The lowest BCUT2D eigenvalue weighted by Gasteiger charge is -2.18. The van der Waals surface area contributed by atoms with Gasteiger partial charge >= 0.3 is 0 Å². The monoisotopic (exact) mass is 194 g/mol. The van der Waals surface area contributed by atoms with Gasteiger partial charge in [-0.05, 0) is 17.7 Å². The predicted octanol–water partition coefficient (Wildman–Crippen LogP) is 2.64. The fourth-order valence-corrected chi connectivity index (χ4v) is 1.23. The zero-order chi connectivity index (χ0) is 10.6. The summed E-state index contributed by atoms with van der Waals surface area (Å²) in [6, 6.07) is 6.38. The molecule has 0 aromatic heterocycles. The van der Waals surface area contributed by atoms with E-state index in [4.69, 9.17) is 5.41 Å². The first-order valence-corrected chi connectivity index (χ1v) is 4.66. The van der Waals surface area contributed by atoms with Gasteiger partial charge in [0, 0.05) is 20.0 Å². The molecule has 0 fully saturated rings. The molecule has 0 bridgehead atoms. The topological polar surface area (TPSA) is 27.1 Å². The van der Waals surface area contributed by atoms with E-state index in [1.165, 1.54) is 12.1 Å². The molecule has 1 aromatic rings. The number of hydrogen-bond acceptors (Lipinski definition) is 1. The Balaban J connectivity index is 2.60. The lowest BCUT2D eigenvalue weighted by molar-refractivity contribution is 0.486. The molecule has 0 spiro atoms. The number of benzene rings is 1. The molecule has 1 rings (SSSR count). The van der Waals surface area contributed by atoms with Gasteiger partial charge in [-0.25, -0.2) is 4.39 Å². The summed E-state index contributed by atoms with van der Waals surface area (Å²) in [5, 5.41) is 7.59. The molecule has 0 unspecified atom stereocenters. The van der Waals surface area contributed by atoms with Crippen molar-refractivity contribution in [3.8, 4) is 0 Å². The molecule has 2 nitrogen and oxygen atoms in total. The molecule has 76 valence electrons. The summed E-state index contributed by atoms with van der Waals surface area (Å²) in [6.45, 7) is 2.61. The summed E-state index contributed by atoms with van der Waals surface area (Å²) in [4.78, 5) is 1.85. The summed E-state index contributed by atoms with van der Waals surface area (Å²) in [7, 11) is 1.87. The van der Waals surface area contributed by atoms with E-state index in [0.717, 1.165) is 12.0 Å². The molecular formula is C11H15FN2. The molecule has 1 N–H and O–H groups in total. The second-order valence-electron chi connectivity index (χ2n) is 3.28. The molecule has 0 saturated heterocycles. The average molecular weight is 194 g/mol. The van der Waals surface area contributed by atoms with E-state index in [0.29, 0.717) is 12.4 Å². The Labute approximate surface area is 83.9 Å². The molecule has 0 amide bonds. The van der Waals surface area contributed by atoms with Crippen molar-refractivity contribution in [1.82, 2.24) is 4.90 Å². The van der Waals surface area contributed by atoms with Gasteiger partial charge in [0.05, 0.1) is 5.84 Å². The molecule has 0 aliphatic carbocycles. The molecule has 0 aliphatic heterocycles. The highest BCUT2D eigenvalue weighted by atomic mass is 19.1. The van der Waals surface area contributed by atoms with Crippen LogP contribution in [-0.4, -0.2) is 17.8 Å². The first-order valence-electron chi connectivity index (χ1n) is 4.66. The number of amidine groups is 1. The molecule has 3 heteroatoms. The number of nitrogens with one attached hydrogen (secondary N) is 1. The summed E-state index contributed by atoms with van der Waals surface area (Å²) in [6.07, 6.45) is 0.720. The fraction of sp³-hybridized carbons (Fsp3) is 0.364. The average Bonchev–Trinajstić information content (AvgIpc) is 2.20. The van der Waals surface area contributed by atoms with E-state index < -0.39 is 0 Å². The second-order valence-corrected chi connectivity index (χ2v) is 3.28. The standard InChI is InChI=1S/C11H15FN2/c1-3-11(13)14(2)8-9-4-6-10(12)7-5-9/h4-7,13H,3,8H2,1-2H3. The van der Waals surface area contributed by atoms with Gasteiger partial charge in [0.2, 0.25) is 0 Å². The van der Waals surface area contributed by atoms with Crippen LogP contribution in [0.2, 0.25) is 0 Å². The lowest BCUT2D eigenvalue weighted by atomic mass is 10.2. The zero-order valence-electron chi connectivity index (χ0n) is 8.55. The van der Waals surface area contributed by atoms with Gasteiger partial charge in [-0.1, -0.05) is 19.1 Å². The third kappa shape index (κ3) is 2.83. The third-order valence-corrected chi connectivity index (χ3v) is 2.13. The maximum atomic E-state index is 12.6. The smallest absolute Gasteiger partial charge is 0.123 e. The van der Waals surface area contributed by atoms with Crippen LogP contribution in [0.25, 0.3) is 0 Å². The van der Waals surface area contributed by atoms with Gasteiger partial charge < -0.3 is 4.90 Å². The van der Waals surface area contributed by atoms with E-state index in [1.54, 1.807) is 12.1 Å². The van der Waals surface area contributed by atoms with E-state index in [2.05, 4.69) is 0 Å². The van der Waals surface area contributed by atoms with Crippen molar-refractivity contribution in [2.24, 2.45) is 0 Å². The number of hydrogen-bond donors (Lipinski definition) is 1.